The molecule has 0 aliphatic rings. The standard InChI is InChI=1S/C45H82NO7P/c1-3-5-7-9-11-13-15-17-19-21-22-23-24-26-28-30-32-34-36-38-45(47)53-44(43-52-54(48,49)51-41-39-46)42-50-40-37-35-33-31-29-27-25-20-18-16-14-12-10-8-6-4-2/h17,19,22-23,26,28,32,34,37,40,44H,3-16,18,20-21,24-25,27,29-31,33,35-36,38-39,41-43,46H2,1-2H3,(H,48,49)/b19-17-,23-22-,28-26-,34-32-,40-37+. The van der Waals surface area contributed by atoms with Crippen LogP contribution in [-0.4, -0.2) is 43.3 Å². The summed E-state index contributed by atoms with van der Waals surface area (Å²) < 4.78 is 33.1. The van der Waals surface area contributed by atoms with Gasteiger partial charge in [-0.05, 0) is 57.4 Å². The van der Waals surface area contributed by atoms with Gasteiger partial charge in [0.15, 0.2) is 6.10 Å². The summed E-state index contributed by atoms with van der Waals surface area (Å²) in [6, 6.07) is 0. The maximum atomic E-state index is 12.5. The molecule has 54 heavy (non-hydrogen) atoms. The van der Waals surface area contributed by atoms with Crippen molar-refractivity contribution in [2.75, 3.05) is 26.4 Å². The van der Waals surface area contributed by atoms with Crippen molar-refractivity contribution in [2.45, 2.75) is 193 Å². The molecule has 3 N–H and O–H groups in total. The number of phosphoric acid groups is 1. The highest BCUT2D eigenvalue weighted by Gasteiger charge is 2.25. The number of phosphoric ester groups is 1. The number of ether oxygens (including phenoxy) is 2. The lowest BCUT2D eigenvalue weighted by Crippen LogP contribution is -2.27. The van der Waals surface area contributed by atoms with Crippen LogP contribution in [0, 0.1) is 0 Å². The summed E-state index contributed by atoms with van der Waals surface area (Å²) in [5, 5.41) is 0. The number of esters is 1. The first kappa shape index (κ1) is 52.0. The van der Waals surface area contributed by atoms with E-state index >= 15 is 0 Å². The SMILES string of the molecule is CCCCCCCC/C=C\C/C=C\C/C=C\C/C=C\CCC(=O)OC(CO/C=C/CCCCCCCCCCCCCCCC)COP(=O)(O)OCCN. The molecule has 2 atom stereocenters. The van der Waals surface area contributed by atoms with Crippen molar-refractivity contribution in [1.29, 1.82) is 0 Å². The van der Waals surface area contributed by atoms with Gasteiger partial charge in [-0.25, -0.2) is 4.57 Å². The third-order valence-electron chi connectivity index (χ3n) is 9.02. The number of carbonyl (C=O) groups excluding carboxylic acids is 1. The highest BCUT2D eigenvalue weighted by molar-refractivity contribution is 7.47. The summed E-state index contributed by atoms with van der Waals surface area (Å²) in [4.78, 5) is 22.4. The molecule has 0 aliphatic carbocycles. The molecular formula is C45H82NO7P. The van der Waals surface area contributed by atoms with Gasteiger partial charge in [-0.2, -0.15) is 0 Å². The van der Waals surface area contributed by atoms with E-state index in [0.29, 0.717) is 6.42 Å². The van der Waals surface area contributed by atoms with Crippen LogP contribution in [0.2, 0.25) is 0 Å². The summed E-state index contributed by atoms with van der Waals surface area (Å²) in [5.74, 6) is -0.430. The number of hydrogen-bond acceptors (Lipinski definition) is 7. The van der Waals surface area contributed by atoms with Crippen LogP contribution in [-0.2, 0) is 27.9 Å². The lowest BCUT2D eigenvalue weighted by Gasteiger charge is -2.19. The molecule has 0 radical (unpaired) electrons. The van der Waals surface area contributed by atoms with Crippen LogP contribution < -0.4 is 5.73 Å². The second-order valence-corrected chi connectivity index (χ2v) is 15.7. The van der Waals surface area contributed by atoms with Crippen LogP contribution in [0.1, 0.15) is 187 Å². The Labute approximate surface area is 332 Å². The summed E-state index contributed by atoms with van der Waals surface area (Å²) in [6.45, 7) is 4.15. The average molecular weight is 780 g/mol. The maximum Gasteiger partial charge on any atom is 0.472 e. The van der Waals surface area contributed by atoms with Crippen LogP contribution in [0.15, 0.2) is 60.9 Å². The first-order valence-corrected chi connectivity index (χ1v) is 23.3. The van der Waals surface area contributed by atoms with Crippen molar-refractivity contribution >= 4 is 13.8 Å². The van der Waals surface area contributed by atoms with Crippen molar-refractivity contribution in [3.8, 4) is 0 Å². The Morgan fingerprint density at radius 1 is 0.574 bits per heavy atom. The van der Waals surface area contributed by atoms with Gasteiger partial charge in [0, 0.05) is 13.0 Å². The minimum Gasteiger partial charge on any atom is -0.498 e. The highest BCUT2D eigenvalue weighted by atomic mass is 31.2. The summed E-state index contributed by atoms with van der Waals surface area (Å²) in [6.07, 6.45) is 52.0. The summed E-state index contributed by atoms with van der Waals surface area (Å²) >= 11 is 0. The largest absolute Gasteiger partial charge is 0.498 e. The van der Waals surface area contributed by atoms with Gasteiger partial charge in [0.25, 0.3) is 0 Å². The van der Waals surface area contributed by atoms with Crippen molar-refractivity contribution in [3.05, 3.63) is 60.9 Å². The van der Waals surface area contributed by atoms with Crippen molar-refractivity contribution in [1.82, 2.24) is 0 Å². The van der Waals surface area contributed by atoms with Gasteiger partial charge in [-0.15, -0.1) is 0 Å². The fraction of sp³-hybridized carbons (Fsp3) is 0.756. The molecule has 0 aromatic heterocycles. The second-order valence-electron chi connectivity index (χ2n) is 14.3. The van der Waals surface area contributed by atoms with Gasteiger partial charge in [-0.3, -0.25) is 13.8 Å². The van der Waals surface area contributed by atoms with E-state index in [9.17, 15) is 14.3 Å². The van der Waals surface area contributed by atoms with Crippen LogP contribution in [0.5, 0.6) is 0 Å². The second kappa shape index (κ2) is 42.2. The lowest BCUT2D eigenvalue weighted by atomic mass is 10.0. The molecule has 314 valence electrons. The molecule has 0 rings (SSSR count). The van der Waals surface area contributed by atoms with Crippen LogP contribution in [0.3, 0.4) is 0 Å². The quantitative estimate of drug-likeness (QED) is 0.0207. The van der Waals surface area contributed by atoms with Gasteiger partial charge < -0.3 is 20.1 Å². The molecule has 0 aliphatic heterocycles. The topological polar surface area (TPSA) is 117 Å². The van der Waals surface area contributed by atoms with Crippen molar-refractivity contribution in [3.63, 3.8) is 0 Å². The van der Waals surface area contributed by atoms with E-state index in [1.165, 1.54) is 128 Å². The minimum atomic E-state index is -4.31. The average Bonchev–Trinajstić information content (AvgIpc) is 3.16. The first-order chi connectivity index (χ1) is 26.4. The zero-order chi connectivity index (χ0) is 39.5. The Hall–Kier alpha value is -1.96. The fourth-order valence-corrected chi connectivity index (χ4v) is 6.56. The molecule has 0 saturated heterocycles. The fourth-order valence-electron chi connectivity index (χ4n) is 5.79. The molecule has 0 aromatic carbocycles. The zero-order valence-corrected chi connectivity index (χ0v) is 35.6. The molecule has 0 amide bonds. The molecule has 0 bridgehead atoms. The molecule has 0 aromatic rings. The molecule has 8 nitrogen and oxygen atoms in total. The summed E-state index contributed by atoms with van der Waals surface area (Å²) in [5.41, 5.74) is 5.36. The van der Waals surface area contributed by atoms with E-state index in [1.807, 2.05) is 18.2 Å². The first-order valence-electron chi connectivity index (χ1n) is 21.8. The van der Waals surface area contributed by atoms with Crippen LogP contribution in [0.25, 0.3) is 0 Å². The van der Waals surface area contributed by atoms with Gasteiger partial charge >= 0.3 is 13.8 Å². The predicted molar refractivity (Wildman–Crippen MR) is 228 cm³/mol. The normalized spacial score (nSPS) is 14.0. The molecule has 0 saturated carbocycles. The molecular weight excluding hydrogens is 697 g/mol. The lowest BCUT2D eigenvalue weighted by molar-refractivity contribution is -0.153. The molecule has 9 heteroatoms. The summed E-state index contributed by atoms with van der Waals surface area (Å²) in [7, 11) is -4.31. The Kier molecular flexibility index (Phi) is 40.7. The van der Waals surface area contributed by atoms with E-state index in [0.717, 1.165) is 32.1 Å². The minimum absolute atomic E-state index is 0.00241. The number of allylic oxidation sites excluding steroid dienone is 9. The molecule has 2 unspecified atom stereocenters. The van der Waals surface area contributed by atoms with Gasteiger partial charge in [0.05, 0.1) is 19.5 Å². The number of rotatable bonds is 41. The number of unbranched alkanes of at least 4 members (excludes halogenated alkanes) is 20. The smallest absolute Gasteiger partial charge is 0.472 e. The predicted octanol–water partition coefficient (Wildman–Crippen LogP) is 13.3. The van der Waals surface area contributed by atoms with Gasteiger partial charge in [0.2, 0.25) is 0 Å². The monoisotopic (exact) mass is 780 g/mol. The maximum absolute atomic E-state index is 12.5. The Balaban J connectivity index is 4.21. The Morgan fingerprint density at radius 3 is 1.48 bits per heavy atom. The number of hydrogen-bond donors (Lipinski definition) is 2. The van der Waals surface area contributed by atoms with Crippen molar-refractivity contribution in [2.24, 2.45) is 5.73 Å². The number of carbonyl (C=O) groups is 1. The Morgan fingerprint density at radius 2 is 1.00 bits per heavy atom. The van der Waals surface area contributed by atoms with Gasteiger partial charge in [0.1, 0.15) is 6.61 Å². The Bertz CT molecular complexity index is 1010. The van der Waals surface area contributed by atoms with E-state index in [1.54, 1.807) is 6.26 Å². The highest BCUT2D eigenvalue weighted by Crippen LogP contribution is 2.43. The van der Waals surface area contributed by atoms with Gasteiger partial charge in [-0.1, -0.05) is 178 Å². The van der Waals surface area contributed by atoms with E-state index in [-0.39, 0.29) is 32.8 Å². The third kappa shape index (κ3) is 41.2. The van der Waals surface area contributed by atoms with E-state index < -0.39 is 19.9 Å². The third-order valence-corrected chi connectivity index (χ3v) is 10.00. The zero-order valence-electron chi connectivity index (χ0n) is 34.7. The van der Waals surface area contributed by atoms with Crippen LogP contribution in [0.4, 0.5) is 0 Å². The van der Waals surface area contributed by atoms with Crippen LogP contribution >= 0.6 is 7.82 Å². The van der Waals surface area contributed by atoms with Crippen molar-refractivity contribution < 1.29 is 32.8 Å². The number of nitrogens with two attached hydrogens (primary N) is 1. The molecule has 0 fully saturated rings. The molecule has 0 heterocycles. The van der Waals surface area contributed by atoms with E-state index in [2.05, 4.69) is 50.3 Å². The molecule has 0 spiro atoms. The van der Waals surface area contributed by atoms with E-state index in [4.69, 9.17) is 24.3 Å².